The van der Waals surface area contributed by atoms with Crippen LogP contribution in [0.3, 0.4) is 0 Å². The zero-order chi connectivity index (χ0) is 21.7. The average molecular weight is 407 g/mol. The zero-order valence-electron chi connectivity index (χ0n) is 18.0. The number of nitrogens with one attached hydrogen (secondary N) is 1. The van der Waals surface area contributed by atoms with Gasteiger partial charge in [0.2, 0.25) is 0 Å². The molecule has 158 valence electrons. The standard InChI is InChI=1S/C24H30N4O2/c1-17(2)27(18(3)4)14-15-28-22-11-6-5-10-21(22)25-24(28)20-9-7-8-19(16-20)12-13-23(29)26-30/h5-13,16-18,30H,14-15H2,1-4H3,(H,26,29)/b13-12+. The van der Waals surface area contributed by atoms with Gasteiger partial charge in [0.05, 0.1) is 11.0 Å². The van der Waals surface area contributed by atoms with Crippen molar-refractivity contribution < 1.29 is 10.0 Å². The number of amides is 1. The van der Waals surface area contributed by atoms with E-state index in [4.69, 9.17) is 10.2 Å². The van der Waals surface area contributed by atoms with Gasteiger partial charge in [-0.25, -0.2) is 10.5 Å². The Bertz CT molecular complexity index is 1030. The predicted molar refractivity (Wildman–Crippen MR) is 121 cm³/mol. The number of benzene rings is 2. The first-order valence-corrected chi connectivity index (χ1v) is 10.3. The van der Waals surface area contributed by atoms with E-state index in [9.17, 15) is 4.79 Å². The molecule has 3 rings (SSSR count). The number of para-hydroxylation sites is 2. The van der Waals surface area contributed by atoms with E-state index in [0.29, 0.717) is 12.1 Å². The lowest BCUT2D eigenvalue weighted by Crippen LogP contribution is -2.39. The molecule has 1 aromatic heterocycles. The third-order valence-corrected chi connectivity index (χ3v) is 5.25. The number of carbonyl (C=O) groups excluding carboxylic acids is 1. The summed E-state index contributed by atoms with van der Waals surface area (Å²) in [6.45, 7) is 10.7. The quantitative estimate of drug-likeness (QED) is 0.332. The van der Waals surface area contributed by atoms with Crippen molar-refractivity contribution in [3.8, 4) is 11.4 Å². The molecule has 2 aromatic carbocycles. The SMILES string of the molecule is CC(C)N(CCn1c(-c2cccc(/C=C/C(=O)NO)c2)nc2ccccc21)C(C)C. The van der Waals surface area contributed by atoms with Crippen molar-refractivity contribution in [2.45, 2.75) is 46.3 Å². The Morgan fingerprint density at radius 1 is 1.13 bits per heavy atom. The molecule has 0 radical (unpaired) electrons. The Kier molecular flexibility index (Phi) is 7.03. The van der Waals surface area contributed by atoms with Crippen LogP contribution in [0.5, 0.6) is 0 Å². The van der Waals surface area contributed by atoms with Crippen LogP contribution in [0.1, 0.15) is 33.3 Å². The molecular weight excluding hydrogens is 376 g/mol. The first-order valence-electron chi connectivity index (χ1n) is 10.3. The molecular formula is C24H30N4O2. The van der Waals surface area contributed by atoms with E-state index in [2.05, 4.69) is 43.2 Å². The van der Waals surface area contributed by atoms with Crippen LogP contribution in [-0.4, -0.2) is 44.2 Å². The van der Waals surface area contributed by atoms with Crippen LogP contribution >= 0.6 is 0 Å². The fourth-order valence-electron chi connectivity index (χ4n) is 3.84. The van der Waals surface area contributed by atoms with E-state index in [1.807, 2.05) is 42.5 Å². The monoisotopic (exact) mass is 406 g/mol. The summed E-state index contributed by atoms with van der Waals surface area (Å²) in [7, 11) is 0. The first-order chi connectivity index (χ1) is 14.4. The maximum absolute atomic E-state index is 11.3. The van der Waals surface area contributed by atoms with E-state index < -0.39 is 5.91 Å². The molecule has 1 heterocycles. The molecule has 0 bridgehead atoms. The summed E-state index contributed by atoms with van der Waals surface area (Å²) < 4.78 is 2.27. The molecule has 0 aliphatic carbocycles. The number of hydroxylamine groups is 1. The van der Waals surface area contributed by atoms with Crippen LogP contribution < -0.4 is 5.48 Å². The van der Waals surface area contributed by atoms with Gasteiger partial charge in [0, 0.05) is 36.8 Å². The van der Waals surface area contributed by atoms with Crippen LogP contribution in [0.2, 0.25) is 0 Å². The minimum Gasteiger partial charge on any atom is -0.323 e. The molecule has 0 aliphatic heterocycles. The number of fused-ring (bicyclic) bond motifs is 1. The van der Waals surface area contributed by atoms with Crippen molar-refractivity contribution in [1.82, 2.24) is 19.9 Å². The molecule has 0 atom stereocenters. The summed E-state index contributed by atoms with van der Waals surface area (Å²) >= 11 is 0. The number of hydrogen-bond acceptors (Lipinski definition) is 4. The molecule has 0 saturated heterocycles. The van der Waals surface area contributed by atoms with Gasteiger partial charge in [0.1, 0.15) is 5.82 Å². The van der Waals surface area contributed by atoms with Crippen molar-refractivity contribution in [2.75, 3.05) is 6.54 Å². The van der Waals surface area contributed by atoms with E-state index in [1.54, 1.807) is 11.6 Å². The number of imidazole rings is 1. The minimum absolute atomic E-state index is 0.467. The molecule has 0 saturated carbocycles. The van der Waals surface area contributed by atoms with Crippen molar-refractivity contribution in [1.29, 1.82) is 0 Å². The summed E-state index contributed by atoms with van der Waals surface area (Å²) in [5, 5.41) is 8.68. The Morgan fingerprint density at radius 3 is 2.57 bits per heavy atom. The molecule has 2 N–H and O–H groups in total. The van der Waals surface area contributed by atoms with Gasteiger partial charge in [-0.3, -0.25) is 14.9 Å². The largest absolute Gasteiger partial charge is 0.323 e. The zero-order valence-corrected chi connectivity index (χ0v) is 18.0. The third kappa shape index (κ3) is 4.96. The van der Waals surface area contributed by atoms with E-state index in [-0.39, 0.29) is 0 Å². The number of hydrogen-bond donors (Lipinski definition) is 2. The summed E-state index contributed by atoms with van der Waals surface area (Å²) in [4.78, 5) is 18.7. The molecule has 3 aromatic rings. The fourth-order valence-corrected chi connectivity index (χ4v) is 3.84. The van der Waals surface area contributed by atoms with Crippen LogP contribution in [0.4, 0.5) is 0 Å². The Labute approximate surface area is 177 Å². The molecule has 6 nitrogen and oxygen atoms in total. The molecule has 0 aliphatic rings. The summed E-state index contributed by atoms with van der Waals surface area (Å²) in [6.07, 6.45) is 2.96. The Balaban J connectivity index is 1.99. The van der Waals surface area contributed by atoms with Gasteiger partial charge in [-0.15, -0.1) is 0 Å². The van der Waals surface area contributed by atoms with Gasteiger partial charge in [0.15, 0.2) is 0 Å². The van der Waals surface area contributed by atoms with Gasteiger partial charge >= 0.3 is 0 Å². The van der Waals surface area contributed by atoms with Crippen LogP contribution in [-0.2, 0) is 11.3 Å². The van der Waals surface area contributed by atoms with Crippen molar-refractivity contribution in [3.05, 3.63) is 60.2 Å². The maximum Gasteiger partial charge on any atom is 0.267 e. The lowest BCUT2D eigenvalue weighted by atomic mass is 10.1. The lowest BCUT2D eigenvalue weighted by Gasteiger charge is -2.30. The normalized spacial score (nSPS) is 12.0. The van der Waals surface area contributed by atoms with E-state index in [0.717, 1.165) is 41.1 Å². The molecule has 30 heavy (non-hydrogen) atoms. The number of rotatable bonds is 8. The topological polar surface area (TPSA) is 70.4 Å². The van der Waals surface area contributed by atoms with Crippen molar-refractivity contribution >= 4 is 23.0 Å². The molecule has 6 heteroatoms. The third-order valence-electron chi connectivity index (χ3n) is 5.25. The van der Waals surface area contributed by atoms with Crippen LogP contribution in [0, 0.1) is 0 Å². The minimum atomic E-state index is -0.560. The van der Waals surface area contributed by atoms with E-state index >= 15 is 0 Å². The highest BCUT2D eigenvalue weighted by atomic mass is 16.5. The highest BCUT2D eigenvalue weighted by Crippen LogP contribution is 2.26. The van der Waals surface area contributed by atoms with Crippen LogP contribution in [0.15, 0.2) is 54.6 Å². The highest BCUT2D eigenvalue weighted by Gasteiger charge is 2.17. The van der Waals surface area contributed by atoms with Gasteiger partial charge in [-0.05, 0) is 57.5 Å². The lowest BCUT2D eigenvalue weighted by molar-refractivity contribution is -0.124. The molecule has 0 unspecified atom stereocenters. The van der Waals surface area contributed by atoms with Gasteiger partial charge < -0.3 is 4.57 Å². The number of nitrogens with zero attached hydrogens (tertiary/aromatic N) is 3. The number of aromatic nitrogens is 2. The first kappa shape index (κ1) is 21.7. The summed E-state index contributed by atoms with van der Waals surface area (Å²) in [6, 6.07) is 17.0. The molecule has 0 spiro atoms. The second kappa shape index (κ2) is 9.69. The predicted octanol–water partition coefficient (Wildman–Crippen LogP) is 4.34. The van der Waals surface area contributed by atoms with Gasteiger partial charge in [-0.2, -0.15) is 0 Å². The Morgan fingerprint density at radius 2 is 1.87 bits per heavy atom. The smallest absolute Gasteiger partial charge is 0.267 e. The second-order valence-electron chi connectivity index (χ2n) is 7.94. The molecule has 0 fully saturated rings. The summed E-state index contributed by atoms with van der Waals surface area (Å²) in [5.74, 6) is 0.348. The fraction of sp³-hybridized carbons (Fsp3) is 0.333. The summed E-state index contributed by atoms with van der Waals surface area (Å²) in [5.41, 5.74) is 5.53. The van der Waals surface area contributed by atoms with Crippen LogP contribution in [0.25, 0.3) is 28.5 Å². The molecule has 1 amide bonds. The highest BCUT2D eigenvalue weighted by molar-refractivity contribution is 5.91. The van der Waals surface area contributed by atoms with Gasteiger partial charge in [-0.1, -0.05) is 30.3 Å². The van der Waals surface area contributed by atoms with Crippen molar-refractivity contribution in [2.24, 2.45) is 0 Å². The second-order valence-corrected chi connectivity index (χ2v) is 7.94. The maximum atomic E-state index is 11.3. The Hall–Kier alpha value is -2.96. The number of carbonyl (C=O) groups is 1. The average Bonchev–Trinajstić information content (AvgIpc) is 3.10. The van der Waals surface area contributed by atoms with E-state index in [1.165, 1.54) is 6.08 Å². The van der Waals surface area contributed by atoms with Gasteiger partial charge in [0.25, 0.3) is 5.91 Å². The van der Waals surface area contributed by atoms with Crippen molar-refractivity contribution in [3.63, 3.8) is 0 Å².